The van der Waals surface area contributed by atoms with E-state index in [9.17, 15) is 4.57 Å². The lowest BCUT2D eigenvalue weighted by molar-refractivity contribution is 0.192. The van der Waals surface area contributed by atoms with E-state index < -0.39 is 7.82 Å². The van der Waals surface area contributed by atoms with E-state index >= 15 is 0 Å². The fraction of sp³-hybridized carbons (Fsp3) is 1.00. The summed E-state index contributed by atoms with van der Waals surface area (Å²) in [6.45, 7) is 0.176. The van der Waals surface area contributed by atoms with Gasteiger partial charge in [-0.2, -0.15) is 0 Å². The number of hydrogen-bond acceptors (Lipinski definition) is 3. The van der Waals surface area contributed by atoms with Crippen molar-refractivity contribution in [3.63, 3.8) is 0 Å². The highest BCUT2D eigenvalue weighted by Gasteiger charge is 2.14. The summed E-state index contributed by atoms with van der Waals surface area (Å²) >= 11 is 0. The van der Waals surface area contributed by atoms with Crippen LogP contribution in [0.3, 0.4) is 0 Å². The van der Waals surface area contributed by atoms with Gasteiger partial charge in [0.2, 0.25) is 0 Å². The summed E-state index contributed by atoms with van der Waals surface area (Å²) in [5.41, 5.74) is 0. The molecule has 0 spiro atoms. The van der Waals surface area contributed by atoms with Gasteiger partial charge in [0.1, 0.15) is 0 Å². The fourth-order valence-electron chi connectivity index (χ4n) is 2.37. The Morgan fingerprint density at radius 2 is 1.71 bits per heavy atom. The second-order valence-electron chi connectivity index (χ2n) is 4.68. The Hall–Kier alpha value is 0.0700. The number of unbranched alkanes of at least 4 members (excludes halogenated alkanes) is 2. The molecule has 104 valence electrons. The van der Waals surface area contributed by atoms with Crippen molar-refractivity contribution in [1.82, 2.24) is 6.15 Å². The molecule has 0 saturated heterocycles. The van der Waals surface area contributed by atoms with E-state index in [1.807, 2.05) is 0 Å². The Labute approximate surface area is 104 Å². The summed E-state index contributed by atoms with van der Waals surface area (Å²) in [6.07, 6.45) is 11.1. The molecule has 0 aromatic heterocycles. The number of phosphoric ester groups is 1. The van der Waals surface area contributed by atoms with Gasteiger partial charge in [-0.3, -0.25) is 4.52 Å². The van der Waals surface area contributed by atoms with Crippen molar-refractivity contribution in [2.75, 3.05) is 6.61 Å². The van der Waals surface area contributed by atoms with Crippen LogP contribution in [0.5, 0.6) is 0 Å². The minimum absolute atomic E-state index is 0. The lowest BCUT2D eigenvalue weighted by Crippen LogP contribution is -2.05. The first-order chi connectivity index (χ1) is 7.58. The van der Waals surface area contributed by atoms with E-state index in [2.05, 4.69) is 4.52 Å². The van der Waals surface area contributed by atoms with Crippen molar-refractivity contribution in [2.45, 2.75) is 57.8 Å². The first kappa shape index (κ1) is 17.1. The highest BCUT2D eigenvalue weighted by molar-refractivity contribution is 7.46. The van der Waals surface area contributed by atoms with Gasteiger partial charge in [-0.25, -0.2) is 4.57 Å². The van der Waals surface area contributed by atoms with Gasteiger partial charge in [0.15, 0.2) is 0 Å². The first-order valence-corrected chi connectivity index (χ1v) is 7.81. The van der Waals surface area contributed by atoms with Crippen molar-refractivity contribution < 1.29 is 18.9 Å². The largest absolute Gasteiger partial charge is 0.469 e. The Morgan fingerprint density at radius 1 is 1.06 bits per heavy atom. The third-order valence-electron chi connectivity index (χ3n) is 3.24. The predicted molar refractivity (Wildman–Crippen MR) is 68.1 cm³/mol. The third kappa shape index (κ3) is 9.74. The molecule has 5 N–H and O–H groups in total. The summed E-state index contributed by atoms with van der Waals surface area (Å²) in [5.74, 6) is 0.899. The molecule has 17 heavy (non-hydrogen) atoms. The van der Waals surface area contributed by atoms with Crippen LogP contribution in [0.2, 0.25) is 0 Å². The van der Waals surface area contributed by atoms with Gasteiger partial charge in [-0.15, -0.1) is 0 Å². The van der Waals surface area contributed by atoms with Crippen LogP contribution >= 0.6 is 7.82 Å². The monoisotopic (exact) mass is 267 g/mol. The van der Waals surface area contributed by atoms with Crippen LogP contribution in [-0.4, -0.2) is 16.4 Å². The zero-order valence-electron chi connectivity index (χ0n) is 10.5. The molecule has 0 bridgehead atoms. The Morgan fingerprint density at radius 3 is 2.29 bits per heavy atom. The molecule has 0 atom stereocenters. The van der Waals surface area contributed by atoms with E-state index in [1.54, 1.807) is 0 Å². The smallest absolute Gasteiger partial charge is 0.344 e. The summed E-state index contributed by atoms with van der Waals surface area (Å²) in [6, 6.07) is 0. The molecule has 0 amide bonds. The Balaban J connectivity index is 0.00000256. The van der Waals surface area contributed by atoms with Crippen LogP contribution in [0.25, 0.3) is 0 Å². The SMILES string of the molecule is N.O=P(O)(O)OCCCCCC1CCCCC1. The van der Waals surface area contributed by atoms with Crippen molar-refractivity contribution in [3.8, 4) is 0 Å². The molecule has 1 fully saturated rings. The van der Waals surface area contributed by atoms with Gasteiger partial charge in [0.05, 0.1) is 6.61 Å². The van der Waals surface area contributed by atoms with Gasteiger partial charge < -0.3 is 15.9 Å². The van der Waals surface area contributed by atoms with Gasteiger partial charge in [-0.1, -0.05) is 51.4 Å². The molecule has 1 aliphatic carbocycles. The van der Waals surface area contributed by atoms with Crippen LogP contribution in [0.15, 0.2) is 0 Å². The normalized spacial score (nSPS) is 17.8. The minimum Gasteiger partial charge on any atom is -0.344 e. The highest BCUT2D eigenvalue weighted by Crippen LogP contribution is 2.36. The molecule has 1 saturated carbocycles. The molecular weight excluding hydrogens is 241 g/mol. The molecule has 6 heteroatoms. The molecule has 0 heterocycles. The van der Waals surface area contributed by atoms with Crippen LogP contribution < -0.4 is 6.15 Å². The van der Waals surface area contributed by atoms with E-state index in [0.29, 0.717) is 0 Å². The van der Waals surface area contributed by atoms with E-state index in [0.717, 1.165) is 25.2 Å². The molecule has 0 aromatic rings. The van der Waals surface area contributed by atoms with E-state index in [1.165, 1.54) is 38.5 Å². The topological polar surface area (TPSA) is 102 Å². The average molecular weight is 267 g/mol. The number of phosphoric acid groups is 1. The highest BCUT2D eigenvalue weighted by atomic mass is 31.2. The maximum Gasteiger partial charge on any atom is 0.469 e. The average Bonchev–Trinajstić information content (AvgIpc) is 2.23. The summed E-state index contributed by atoms with van der Waals surface area (Å²) in [4.78, 5) is 16.9. The molecule has 1 rings (SSSR count). The summed E-state index contributed by atoms with van der Waals surface area (Å²) in [7, 11) is -4.24. The van der Waals surface area contributed by atoms with Crippen LogP contribution in [0, 0.1) is 5.92 Å². The standard InChI is InChI=1S/C11H23O4P.H3N/c12-16(13,14)15-10-6-2-5-9-11-7-3-1-4-8-11;/h11H,1-10H2,(H2,12,13,14);1H3. The van der Waals surface area contributed by atoms with Crippen molar-refractivity contribution in [3.05, 3.63) is 0 Å². The second-order valence-corrected chi connectivity index (χ2v) is 5.92. The molecule has 0 aliphatic heterocycles. The third-order valence-corrected chi connectivity index (χ3v) is 3.76. The van der Waals surface area contributed by atoms with Gasteiger partial charge in [0.25, 0.3) is 0 Å². The Bertz CT molecular complexity index is 226. The maximum atomic E-state index is 10.4. The summed E-state index contributed by atoms with van der Waals surface area (Å²) in [5, 5.41) is 0. The molecular formula is C11H26NO4P. The van der Waals surface area contributed by atoms with Crippen molar-refractivity contribution in [1.29, 1.82) is 0 Å². The van der Waals surface area contributed by atoms with Crippen LogP contribution in [0.1, 0.15) is 57.8 Å². The number of hydrogen-bond donors (Lipinski definition) is 3. The zero-order chi connectivity index (χ0) is 11.9. The quantitative estimate of drug-likeness (QED) is 0.484. The molecule has 1 aliphatic rings. The van der Waals surface area contributed by atoms with Crippen LogP contribution in [0.4, 0.5) is 0 Å². The molecule has 5 nitrogen and oxygen atoms in total. The van der Waals surface area contributed by atoms with Gasteiger partial charge in [-0.05, 0) is 12.3 Å². The lowest BCUT2D eigenvalue weighted by atomic mass is 9.86. The van der Waals surface area contributed by atoms with E-state index in [4.69, 9.17) is 9.79 Å². The maximum absolute atomic E-state index is 10.4. The van der Waals surface area contributed by atoms with Crippen molar-refractivity contribution >= 4 is 7.82 Å². The first-order valence-electron chi connectivity index (χ1n) is 6.28. The predicted octanol–water partition coefficient (Wildman–Crippen LogP) is 3.40. The van der Waals surface area contributed by atoms with Gasteiger partial charge >= 0.3 is 7.82 Å². The Kier molecular flexibility index (Phi) is 9.10. The number of rotatable bonds is 7. The lowest BCUT2D eigenvalue weighted by Gasteiger charge is -2.21. The second kappa shape index (κ2) is 9.06. The zero-order valence-corrected chi connectivity index (χ0v) is 11.4. The summed E-state index contributed by atoms with van der Waals surface area (Å²) < 4.78 is 14.8. The molecule has 0 radical (unpaired) electrons. The molecule has 0 unspecified atom stereocenters. The van der Waals surface area contributed by atoms with Crippen LogP contribution in [-0.2, 0) is 9.09 Å². The van der Waals surface area contributed by atoms with Gasteiger partial charge in [0, 0.05) is 0 Å². The fourth-order valence-corrected chi connectivity index (χ4v) is 2.74. The van der Waals surface area contributed by atoms with Crippen molar-refractivity contribution in [2.24, 2.45) is 5.92 Å². The minimum atomic E-state index is -4.24. The molecule has 0 aromatic carbocycles. The van der Waals surface area contributed by atoms with E-state index in [-0.39, 0.29) is 12.8 Å².